The molecular formula is C36H64N4O4. The van der Waals surface area contributed by atoms with Crippen LogP contribution in [0, 0.1) is 29.6 Å². The third-order valence-corrected chi connectivity index (χ3v) is 7.36. The number of rotatable bonds is 21. The molecule has 1 N–H and O–H groups in total. The molecule has 8 heteroatoms. The molecular weight excluding hydrogens is 552 g/mol. The molecule has 0 aromatic heterocycles. The van der Waals surface area contributed by atoms with Crippen molar-refractivity contribution in [2.45, 2.75) is 102 Å². The third kappa shape index (κ3) is 15.3. The van der Waals surface area contributed by atoms with Crippen molar-refractivity contribution in [3.8, 4) is 5.75 Å². The first-order chi connectivity index (χ1) is 20.7. The average Bonchev–Trinajstić information content (AvgIpc) is 2.91. The van der Waals surface area contributed by atoms with Crippen LogP contribution in [0.15, 0.2) is 18.2 Å². The fourth-order valence-electron chi connectivity index (χ4n) is 5.31. The number of unbranched alkanes of at least 4 members (excludes halogenated alkanes) is 1. The van der Waals surface area contributed by atoms with Gasteiger partial charge in [0.15, 0.2) is 0 Å². The van der Waals surface area contributed by atoms with Gasteiger partial charge in [-0.15, -0.1) is 0 Å². The van der Waals surface area contributed by atoms with Gasteiger partial charge in [-0.1, -0.05) is 88.5 Å². The normalized spacial score (nSPS) is 12.2. The van der Waals surface area contributed by atoms with E-state index >= 15 is 0 Å². The van der Waals surface area contributed by atoms with E-state index in [0.717, 1.165) is 31.4 Å². The lowest BCUT2D eigenvalue weighted by Crippen LogP contribution is -2.48. The van der Waals surface area contributed by atoms with Crippen molar-refractivity contribution in [1.29, 1.82) is 0 Å². The summed E-state index contributed by atoms with van der Waals surface area (Å²) in [7, 11) is 0. The molecule has 0 saturated heterocycles. The number of benzene rings is 1. The Kier molecular flexibility index (Phi) is 18.1. The second-order valence-electron chi connectivity index (χ2n) is 14.1. The average molecular weight is 617 g/mol. The first kappa shape index (κ1) is 39.3. The van der Waals surface area contributed by atoms with Gasteiger partial charge < -0.3 is 24.8 Å². The van der Waals surface area contributed by atoms with E-state index in [1.54, 1.807) is 0 Å². The Bertz CT molecular complexity index is 950. The lowest BCUT2D eigenvalue weighted by molar-refractivity contribution is -0.132. The van der Waals surface area contributed by atoms with Crippen LogP contribution < -0.4 is 15.0 Å². The maximum atomic E-state index is 13.8. The molecule has 0 bridgehead atoms. The van der Waals surface area contributed by atoms with Gasteiger partial charge in [0.05, 0.1) is 25.4 Å². The molecule has 8 nitrogen and oxygen atoms in total. The molecule has 44 heavy (non-hydrogen) atoms. The van der Waals surface area contributed by atoms with Gasteiger partial charge >= 0.3 is 0 Å². The third-order valence-electron chi connectivity index (χ3n) is 7.36. The highest BCUT2D eigenvalue weighted by Gasteiger charge is 2.25. The van der Waals surface area contributed by atoms with Gasteiger partial charge in [0.25, 0.3) is 0 Å². The van der Waals surface area contributed by atoms with Crippen LogP contribution in [0.2, 0.25) is 0 Å². The SMILES string of the molecule is CCCCC(CC)COc1cc(N(CC(=O)N(CC(C)C)CC(C)C)CC(=O)N(CC(C)C)CC(C)C)ccc1NC(C)=O. The Labute approximate surface area is 269 Å². The topological polar surface area (TPSA) is 82.2 Å². The molecule has 0 radical (unpaired) electrons. The Morgan fingerprint density at radius 2 is 1.25 bits per heavy atom. The molecule has 0 spiro atoms. The fraction of sp³-hybridized carbons (Fsp3) is 0.750. The molecule has 3 amide bonds. The minimum absolute atomic E-state index is 0.00140. The molecule has 1 aromatic carbocycles. The first-order valence-electron chi connectivity index (χ1n) is 17.0. The smallest absolute Gasteiger partial charge is 0.242 e. The van der Waals surface area contributed by atoms with Crippen LogP contribution in [0.5, 0.6) is 5.75 Å². The molecule has 1 unspecified atom stereocenters. The maximum Gasteiger partial charge on any atom is 0.242 e. The monoisotopic (exact) mass is 616 g/mol. The zero-order chi connectivity index (χ0) is 33.4. The summed E-state index contributed by atoms with van der Waals surface area (Å²) in [5.41, 5.74) is 1.31. The molecule has 1 aromatic rings. The van der Waals surface area contributed by atoms with Gasteiger partial charge in [-0.05, 0) is 48.1 Å². The molecule has 252 valence electrons. The molecule has 1 rings (SSSR count). The maximum absolute atomic E-state index is 13.8. The number of carbonyl (C=O) groups is 3. The van der Waals surface area contributed by atoms with Gasteiger partial charge in [0, 0.05) is 44.9 Å². The second-order valence-corrected chi connectivity index (χ2v) is 14.1. The summed E-state index contributed by atoms with van der Waals surface area (Å²) in [4.78, 5) is 45.4. The molecule has 0 saturated carbocycles. The predicted octanol–water partition coefficient (Wildman–Crippen LogP) is 7.33. The number of hydrogen-bond acceptors (Lipinski definition) is 5. The highest BCUT2D eigenvalue weighted by Crippen LogP contribution is 2.31. The van der Waals surface area contributed by atoms with Crippen LogP contribution in [-0.4, -0.2) is 73.4 Å². The summed E-state index contributed by atoms with van der Waals surface area (Å²) in [6.45, 7) is 26.1. The minimum atomic E-state index is -0.182. The van der Waals surface area contributed by atoms with Crippen molar-refractivity contribution < 1.29 is 19.1 Å². The fourth-order valence-corrected chi connectivity index (χ4v) is 5.31. The minimum Gasteiger partial charge on any atom is -0.491 e. The van der Waals surface area contributed by atoms with Crippen LogP contribution in [0.4, 0.5) is 11.4 Å². The Morgan fingerprint density at radius 1 is 0.773 bits per heavy atom. The molecule has 0 fully saturated rings. The number of hydrogen-bond donors (Lipinski definition) is 1. The summed E-state index contributed by atoms with van der Waals surface area (Å²) in [5, 5.41) is 2.90. The van der Waals surface area contributed by atoms with E-state index in [4.69, 9.17) is 4.74 Å². The Balaban J connectivity index is 3.53. The zero-order valence-corrected chi connectivity index (χ0v) is 29.9. The van der Waals surface area contributed by atoms with Crippen molar-refractivity contribution in [1.82, 2.24) is 9.80 Å². The molecule has 0 aliphatic carbocycles. The summed E-state index contributed by atoms with van der Waals surface area (Å²) < 4.78 is 6.36. The summed E-state index contributed by atoms with van der Waals surface area (Å²) in [6, 6.07) is 5.57. The lowest BCUT2D eigenvalue weighted by Gasteiger charge is -2.33. The quantitative estimate of drug-likeness (QED) is 0.156. The molecule has 0 aliphatic heterocycles. The van der Waals surface area contributed by atoms with E-state index in [1.807, 2.05) is 32.9 Å². The van der Waals surface area contributed by atoms with Gasteiger partial charge in [0.2, 0.25) is 17.7 Å². The van der Waals surface area contributed by atoms with E-state index in [1.165, 1.54) is 6.92 Å². The number of nitrogens with one attached hydrogen (secondary N) is 1. The summed E-state index contributed by atoms with van der Waals surface area (Å²) in [5.74, 6) is 2.10. The van der Waals surface area contributed by atoms with E-state index in [-0.39, 0.29) is 30.8 Å². The van der Waals surface area contributed by atoms with Gasteiger partial charge in [-0.25, -0.2) is 0 Å². The summed E-state index contributed by atoms with van der Waals surface area (Å²) in [6.07, 6.45) is 4.37. The summed E-state index contributed by atoms with van der Waals surface area (Å²) >= 11 is 0. The predicted molar refractivity (Wildman–Crippen MR) is 184 cm³/mol. The standard InChI is InChI=1S/C36H64N4O4/c1-12-14-15-31(13-2)25-44-34-18-32(16-17-33(34)37-30(11)41)38(23-35(42)39(19-26(3)4)20-27(5)6)24-36(43)40(21-28(7)8)22-29(9)10/h16-18,26-29,31H,12-15,19-25H2,1-11H3,(H,37,41). The van der Waals surface area contributed by atoms with Crippen molar-refractivity contribution >= 4 is 29.1 Å². The number of nitrogens with zero attached hydrogens (tertiary/aromatic N) is 3. The van der Waals surface area contributed by atoms with E-state index in [0.29, 0.717) is 73.8 Å². The zero-order valence-electron chi connectivity index (χ0n) is 29.9. The van der Waals surface area contributed by atoms with Crippen LogP contribution in [0.3, 0.4) is 0 Å². The molecule has 0 aliphatic rings. The van der Waals surface area contributed by atoms with E-state index in [9.17, 15) is 14.4 Å². The number of anilines is 2. The van der Waals surface area contributed by atoms with Crippen molar-refractivity contribution in [3.05, 3.63) is 18.2 Å². The highest BCUT2D eigenvalue weighted by atomic mass is 16.5. The number of carbonyl (C=O) groups excluding carboxylic acids is 3. The van der Waals surface area contributed by atoms with Gasteiger partial charge in [-0.3, -0.25) is 14.4 Å². The number of amides is 3. The van der Waals surface area contributed by atoms with E-state index < -0.39 is 0 Å². The Morgan fingerprint density at radius 3 is 1.64 bits per heavy atom. The lowest BCUT2D eigenvalue weighted by atomic mass is 10.0. The van der Waals surface area contributed by atoms with Gasteiger partial charge in [-0.2, -0.15) is 0 Å². The van der Waals surface area contributed by atoms with Crippen molar-refractivity contribution in [2.24, 2.45) is 29.6 Å². The Hall–Kier alpha value is -2.77. The van der Waals surface area contributed by atoms with Crippen molar-refractivity contribution in [3.63, 3.8) is 0 Å². The van der Waals surface area contributed by atoms with Crippen LogP contribution in [-0.2, 0) is 14.4 Å². The van der Waals surface area contributed by atoms with Crippen LogP contribution in [0.25, 0.3) is 0 Å². The molecule has 0 heterocycles. The van der Waals surface area contributed by atoms with Gasteiger partial charge in [0.1, 0.15) is 5.75 Å². The molecule has 1 atom stereocenters. The van der Waals surface area contributed by atoms with Crippen LogP contribution >= 0.6 is 0 Å². The van der Waals surface area contributed by atoms with E-state index in [2.05, 4.69) is 74.6 Å². The van der Waals surface area contributed by atoms with Crippen LogP contribution in [0.1, 0.15) is 102 Å². The first-order valence-corrected chi connectivity index (χ1v) is 17.0. The van der Waals surface area contributed by atoms with Crippen molar-refractivity contribution in [2.75, 3.05) is 56.1 Å². The number of ether oxygens (including phenoxy) is 1. The highest BCUT2D eigenvalue weighted by molar-refractivity contribution is 5.91. The largest absolute Gasteiger partial charge is 0.491 e. The second kappa shape index (κ2) is 20.3.